The largest absolute Gasteiger partial charge is 0.370 e. The molecule has 0 aliphatic rings. The second kappa shape index (κ2) is 6.13. The predicted molar refractivity (Wildman–Crippen MR) is 87.2 cm³/mol. The van der Waals surface area contributed by atoms with Crippen molar-refractivity contribution in [3.8, 4) is 5.82 Å². The molecule has 0 atom stereocenters. The summed E-state index contributed by atoms with van der Waals surface area (Å²) in [6, 6.07) is 10.00. The fraction of sp³-hybridized carbons (Fsp3) is 0.267. The molecule has 3 aromatic rings. The van der Waals surface area contributed by atoms with Crippen molar-refractivity contribution in [3.63, 3.8) is 0 Å². The molecule has 0 aliphatic heterocycles. The number of thioether (sulfide) groups is 1. The number of imidazole rings is 1. The highest BCUT2D eigenvalue weighted by Gasteiger charge is 2.09. The Labute approximate surface area is 127 Å². The molecule has 108 valence electrons. The fourth-order valence-electron chi connectivity index (χ4n) is 2.11. The molecule has 0 saturated carbocycles. The van der Waals surface area contributed by atoms with Gasteiger partial charge in [-0.1, -0.05) is 30.8 Å². The van der Waals surface area contributed by atoms with Crippen LogP contribution in [0.25, 0.3) is 16.9 Å². The van der Waals surface area contributed by atoms with Gasteiger partial charge in [0.05, 0.1) is 11.0 Å². The van der Waals surface area contributed by atoms with Crippen molar-refractivity contribution in [2.45, 2.75) is 18.5 Å². The zero-order valence-corrected chi connectivity index (χ0v) is 12.9. The summed E-state index contributed by atoms with van der Waals surface area (Å²) in [6.07, 6.45) is 4.84. The average Bonchev–Trinajstić information content (AvgIpc) is 2.96. The molecule has 21 heavy (non-hydrogen) atoms. The van der Waals surface area contributed by atoms with E-state index in [1.807, 2.05) is 41.2 Å². The lowest BCUT2D eigenvalue weighted by atomic mass is 10.3. The molecule has 0 unspecified atom stereocenters. The molecule has 0 radical (unpaired) electrons. The molecule has 6 heteroatoms. The van der Waals surface area contributed by atoms with Gasteiger partial charge in [-0.3, -0.25) is 4.57 Å². The van der Waals surface area contributed by atoms with E-state index in [0.29, 0.717) is 0 Å². The number of rotatable bonds is 5. The molecule has 0 fully saturated rings. The first-order valence-electron chi connectivity index (χ1n) is 6.91. The third-order valence-electron chi connectivity index (χ3n) is 3.13. The van der Waals surface area contributed by atoms with Gasteiger partial charge in [-0.25, -0.2) is 15.0 Å². The molecule has 0 spiro atoms. The van der Waals surface area contributed by atoms with Crippen LogP contribution < -0.4 is 5.32 Å². The quantitative estimate of drug-likeness (QED) is 0.578. The standard InChI is InChI=1S/C15H17N5S/c1-3-8-16-13-9-14(19-15(18-13)21-2)20-10-17-11-6-4-5-7-12(11)20/h4-7,9-10H,3,8H2,1-2H3,(H,16,18,19). The van der Waals surface area contributed by atoms with Crippen molar-refractivity contribution >= 4 is 28.6 Å². The van der Waals surface area contributed by atoms with Crippen LogP contribution in [-0.4, -0.2) is 32.3 Å². The summed E-state index contributed by atoms with van der Waals surface area (Å²) in [6.45, 7) is 3.03. The zero-order valence-electron chi connectivity index (χ0n) is 12.1. The third-order valence-corrected chi connectivity index (χ3v) is 3.68. The van der Waals surface area contributed by atoms with Crippen molar-refractivity contribution in [1.82, 2.24) is 19.5 Å². The Kier molecular flexibility index (Phi) is 4.06. The molecule has 1 N–H and O–H groups in total. The van der Waals surface area contributed by atoms with Crippen LogP contribution in [0.2, 0.25) is 0 Å². The minimum Gasteiger partial charge on any atom is -0.370 e. The van der Waals surface area contributed by atoms with E-state index in [1.165, 1.54) is 11.8 Å². The first-order chi connectivity index (χ1) is 10.3. The van der Waals surface area contributed by atoms with Gasteiger partial charge in [0, 0.05) is 12.6 Å². The maximum atomic E-state index is 4.59. The second-order valence-corrected chi connectivity index (χ2v) is 5.40. The van der Waals surface area contributed by atoms with Crippen LogP contribution in [0, 0.1) is 0 Å². The summed E-state index contributed by atoms with van der Waals surface area (Å²) >= 11 is 1.54. The Morgan fingerprint density at radius 3 is 2.90 bits per heavy atom. The number of hydrogen-bond acceptors (Lipinski definition) is 5. The van der Waals surface area contributed by atoms with Gasteiger partial charge in [0.25, 0.3) is 0 Å². The SMILES string of the molecule is CCCNc1cc(-n2cnc3ccccc32)nc(SC)n1. The maximum Gasteiger partial charge on any atom is 0.191 e. The fourth-order valence-corrected chi connectivity index (χ4v) is 2.49. The number of anilines is 1. The molecule has 1 aromatic carbocycles. The monoisotopic (exact) mass is 299 g/mol. The molecular formula is C15H17N5S. The molecular weight excluding hydrogens is 282 g/mol. The van der Waals surface area contributed by atoms with E-state index >= 15 is 0 Å². The molecule has 0 saturated heterocycles. The first kappa shape index (κ1) is 13.9. The van der Waals surface area contributed by atoms with E-state index < -0.39 is 0 Å². The van der Waals surface area contributed by atoms with Gasteiger partial charge < -0.3 is 5.32 Å². The topological polar surface area (TPSA) is 55.6 Å². The van der Waals surface area contributed by atoms with Crippen LogP contribution in [0.5, 0.6) is 0 Å². The van der Waals surface area contributed by atoms with Crippen molar-refractivity contribution in [2.24, 2.45) is 0 Å². The van der Waals surface area contributed by atoms with Crippen molar-refractivity contribution in [3.05, 3.63) is 36.7 Å². The van der Waals surface area contributed by atoms with Gasteiger partial charge in [-0.2, -0.15) is 0 Å². The number of hydrogen-bond donors (Lipinski definition) is 1. The third kappa shape index (κ3) is 2.85. The Hall–Kier alpha value is -2.08. The summed E-state index contributed by atoms with van der Waals surface area (Å²) in [4.78, 5) is 13.5. The first-order valence-corrected chi connectivity index (χ1v) is 8.13. The van der Waals surface area contributed by atoms with Crippen LogP contribution in [0.3, 0.4) is 0 Å². The van der Waals surface area contributed by atoms with Gasteiger partial charge in [0.15, 0.2) is 5.16 Å². The molecule has 2 aromatic heterocycles. The van der Waals surface area contributed by atoms with Crippen molar-refractivity contribution in [2.75, 3.05) is 18.1 Å². The highest BCUT2D eigenvalue weighted by molar-refractivity contribution is 7.98. The molecule has 0 bridgehead atoms. The van der Waals surface area contributed by atoms with Crippen LogP contribution >= 0.6 is 11.8 Å². The van der Waals surface area contributed by atoms with E-state index in [1.54, 1.807) is 6.33 Å². The molecule has 5 nitrogen and oxygen atoms in total. The highest BCUT2D eigenvalue weighted by atomic mass is 32.2. The van der Waals surface area contributed by atoms with E-state index in [2.05, 4.69) is 27.2 Å². The van der Waals surface area contributed by atoms with Crippen molar-refractivity contribution in [1.29, 1.82) is 0 Å². The molecule has 0 aliphatic carbocycles. The van der Waals surface area contributed by atoms with Crippen LogP contribution in [0.4, 0.5) is 5.82 Å². The summed E-state index contributed by atoms with van der Waals surface area (Å²) < 4.78 is 1.99. The lowest BCUT2D eigenvalue weighted by Gasteiger charge is -2.09. The van der Waals surface area contributed by atoms with E-state index in [4.69, 9.17) is 0 Å². The van der Waals surface area contributed by atoms with Gasteiger partial charge in [-0.15, -0.1) is 0 Å². The number of nitrogens with one attached hydrogen (secondary N) is 1. The Morgan fingerprint density at radius 1 is 1.24 bits per heavy atom. The van der Waals surface area contributed by atoms with Crippen LogP contribution in [0.15, 0.2) is 41.8 Å². The van der Waals surface area contributed by atoms with Crippen LogP contribution in [-0.2, 0) is 0 Å². The Balaban J connectivity index is 2.08. The van der Waals surface area contributed by atoms with Gasteiger partial charge in [0.2, 0.25) is 0 Å². The smallest absolute Gasteiger partial charge is 0.191 e. The molecule has 0 amide bonds. The van der Waals surface area contributed by atoms with E-state index in [9.17, 15) is 0 Å². The maximum absolute atomic E-state index is 4.59. The molecule has 3 rings (SSSR count). The molecule has 2 heterocycles. The normalized spacial score (nSPS) is 11.0. The summed E-state index contributed by atoms with van der Waals surface area (Å²) in [5.74, 6) is 1.69. The Morgan fingerprint density at radius 2 is 2.10 bits per heavy atom. The second-order valence-electron chi connectivity index (χ2n) is 4.63. The zero-order chi connectivity index (χ0) is 14.7. The summed E-state index contributed by atoms with van der Waals surface area (Å²) in [5.41, 5.74) is 2.01. The summed E-state index contributed by atoms with van der Waals surface area (Å²) in [5, 5.41) is 4.07. The lowest BCUT2D eigenvalue weighted by Crippen LogP contribution is -2.06. The number of fused-ring (bicyclic) bond motifs is 1. The average molecular weight is 299 g/mol. The summed E-state index contributed by atoms with van der Waals surface area (Å²) in [7, 11) is 0. The number of nitrogens with zero attached hydrogens (tertiary/aromatic N) is 4. The lowest BCUT2D eigenvalue weighted by molar-refractivity contribution is 0.888. The predicted octanol–water partition coefficient (Wildman–Crippen LogP) is 3.36. The van der Waals surface area contributed by atoms with Crippen LogP contribution in [0.1, 0.15) is 13.3 Å². The van der Waals surface area contributed by atoms with E-state index in [0.717, 1.165) is 40.8 Å². The van der Waals surface area contributed by atoms with Gasteiger partial charge >= 0.3 is 0 Å². The van der Waals surface area contributed by atoms with Gasteiger partial charge in [-0.05, 0) is 24.8 Å². The highest BCUT2D eigenvalue weighted by Crippen LogP contribution is 2.21. The number of aromatic nitrogens is 4. The van der Waals surface area contributed by atoms with Gasteiger partial charge in [0.1, 0.15) is 18.0 Å². The minimum atomic E-state index is 0.754. The number of para-hydroxylation sites is 2. The Bertz CT molecular complexity index is 753. The minimum absolute atomic E-state index is 0.754. The number of benzene rings is 1. The van der Waals surface area contributed by atoms with E-state index in [-0.39, 0.29) is 0 Å². The van der Waals surface area contributed by atoms with Crippen molar-refractivity contribution < 1.29 is 0 Å².